The van der Waals surface area contributed by atoms with Crippen molar-refractivity contribution in [3.8, 4) is 0 Å². The molecule has 0 saturated heterocycles. The number of hydrogen-bond acceptors (Lipinski definition) is 4. The molecule has 2 rings (SSSR count). The van der Waals surface area contributed by atoms with E-state index in [2.05, 4.69) is 11.1 Å². The fourth-order valence-corrected chi connectivity index (χ4v) is 3.71. The van der Waals surface area contributed by atoms with Gasteiger partial charge in [-0.15, -0.1) is 22.9 Å². The first kappa shape index (κ1) is 13.6. The SMILES string of the molecule is O=C(O)C(Cl)CCCSc1nc2ccccc2s1. The number of aromatic nitrogens is 1. The summed E-state index contributed by atoms with van der Waals surface area (Å²) in [5.41, 5.74) is 1.02. The molecule has 1 unspecified atom stereocenters. The second-order valence-electron chi connectivity index (χ2n) is 3.74. The topological polar surface area (TPSA) is 50.2 Å². The Kier molecular flexibility index (Phi) is 4.86. The molecule has 6 heteroatoms. The molecule has 3 nitrogen and oxygen atoms in total. The first-order valence-electron chi connectivity index (χ1n) is 5.52. The number of alkyl halides is 1. The molecule has 1 aromatic carbocycles. The van der Waals surface area contributed by atoms with Gasteiger partial charge in [-0.05, 0) is 25.0 Å². The predicted octanol–water partition coefficient (Wildman–Crippen LogP) is 3.86. The van der Waals surface area contributed by atoms with Crippen molar-refractivity contribution >= 4 is 50.9 Å². The predicted molar refractivity (Wildman–Crippen MR) is 76.9 cm³/mol. The third-order valence-corrected chi connectivity index (χ3v) is 5.04. The zero-order valence-electron chi connectivity index (χ0n) is 9.51. The molecule has 0 aliphatic heterocycles. The van der Waals surface area contributed by atoms with Crippen LogP contribution in [0.3, 0.4) is 0 Å². The molecular formula is C12H12ClNO2S2. The summed E-state index contributed by atoms with van der Waals surface area (Å²) in [5, 5.41) is 7.87. The summed E-state index contributed by atoms with van der Waals surface area (Å²) >= 11 is 8.96. The lowest BCUT2D eigenvalue weighted by Gasteiger charge is -2.02. The number of thioether (sulfide) groups is 1. The molecule has 0 aliphatic rings. The molecule has 0 radical (unpaired) electrons. The van der Waals surface area contributed by atoms with Crippen molar-refractivity contribution in [2.45, 2.75) is 22.6 Å². The molecule has 0 saturated carbocycles. The highest BCUT2D eigenvalue weighted by Crippen LogP contribution is 2.29. The van der Waals surface area contributed by atoms with Crippen LogP contribution < -0.4 is 0 Å². The average Bonchev–Trinajstić information content (AvgIpc) is 2.76. The zero-order chi connectivity index (χ0) is 13.0. The molecule has 0 fully saturated rings. The van der Waals surface area contributed by atoms with Crippen LogP contribution in [0.1, 0.15) is 12.8 Å². The van der Waals surface area contributed by atoms with Crippen LogP contribution in [0.4, 0.5) is 0 Å². The number of hydrogen-bond donors (Lipinski definition) is 1. The van der Waals surface area contributed by atoms with Crippen LogP contribution in [0, 0.1) is 0 Å². The van der Waals surface area contributed by atoms with Gasteiger partial charge in [0.05, 0.1) is 10.2 Å². The van der Waals surface area contributed by atoms with Gasteiger partial charge in [0.1, 0.15) is 5.38 Å². The second kappa shape index (κ2) is 6.41. The Morgan fingerprint density at radius 1 is 1.50 bits per heavy atom. The number of para-hydroxylation sites is 1. The smallest absolute Gasteiger partial charge is 0.321 e. The number of fused-ring (bicyclic) bond motifs is 1. The zero-order valence-corrected chi connectivity index (χ0v) is 11.9. The first-order valence-corrected chi connectivity index (χ1v) is 7.76. The summed E-state index contributed by atoms with van der Waals surface area (Å²) in [6, 6.07) is 8.02. The Morgan fingerprint density at radius 3 is 3.00 bits per heavy atom. The molecule has 0 spiro atoms. The minimum absolute atomic E-state index is 0.495. The minimum Gasteiger partial charge on any atom is -0.480 e. The van der Waals surface area contributed by atoms with E-state index in [4.69, 9.17) is 16.7 Å². The van der Waals surface area contributed by atoms with Crippen LogP contribution in [0.25, 0.3) is 10.2 Å². The summed E-state index contributed by atoms with van der Waals surface area (Å²) in [5.74, 6) is -0.0993. The van der Waals surface area contributed by atoms with Gasteiger partial charge < -0.3 is 5.11 Å². The molecule has 96 valence electrons. The highest BCUT2D eigenvalue weighted by atomic mass is 35.5. The van der Waals surface area contributed by atoms with Crippen molar-refractivity contribution < 1.29 is 9.90 Å². The molecule has 1 N–H and O–H groups in total. The Bertz CT molecular complexity index is 511. The lowest BCUT2D eigenvalue weighted by molar-refractivity contribution is -0.136. The number of carboxylic acids is 1. The summed E-state index contributed by atoms with van der Waals surface area (Å²) in [7, 11) is 0. The van der Waals surface area contributed by atoms with Crippen molar-refractivity contribution in [3.63, 3.8) is 0 Å². The summed E-state index contributed by atoms with van der Waals surface area (Å²) in [6.07, 6.45) is 1.27. The summed E-state index contributed by atoms with van der Waals surface area (Å²) in [6.45, 7) is 0. The Labute approximate surface area is 118 Å². The van der Waals surface area contributed by atoms with E-state index in [0.717, 1.165) is 22.0 Å². The van der Waals surface area contributed by atoms with E-state index >= 15 is 0 Å². The standard InChI is InChI=1S/C12H12ClNO2S2/c13-8(11(15)16)4-3-7-17-12-14-9-5-1-2-6-10(9)18-12/h1-2,5-6,8H,3-4,7H2,(H,15,16). The molecule has 1 aromatic heterocycles. The molecule has 0 bridgehead atoms. The maximum Gasteiger partial charge on any atom is 0.321 e. The third kappa shape index (κ3) is 3.60. The highest BCUT2D eigenvalue weighted by Gasteiger charge is 2.12. The molecule has 0 amide bonds. The minimum atomic E-state index is -0.943. The molecule has 1 heterocycles. The number of carboxylic acid groups (broad SMARTS) is 1. The number of thiazole rings is 1. The average molecular weight is 302 g/mol. The van der Waals surface area contributed by atoms with Gasteiger partial charge >= 0.3 is 5.97 Å². The third-order valence-electron chi connectivity index (χ3n) is 2.37. The molecule has 0 aliphatic carbocycles. The van der Waals surface area contributed by atoms with E-state index in [0.29, 0.717) is 6.42 Å². The van der Waals surface area contributed by atoms with Gasteiger partial charge in [0.15, 0.2) is 4.34 Å². The van der Waals surface area contributed by atoms with Gasteiger partial charge in [-0.1, -0.05) is 23.9 Å². The van der Waals surface area contributed by atoms with Gasteiger partial charge in [-0.25, -0.2) is 4.98 Å². The van der Waals surface area contributed by atoms with Gasteiger partial charge in [0.25, 0.3) is 0 Å². The van der Waals surface area contributed by atoms with Gasteiger partial charge in [0.2, 0.25) is 0 Å². The van der Waals surface area contributed by atoms with Crippen molar-refractivity contribution in [2.24, 2.45) is 0 Å². The number of benzene rings is 1. The van der Waals surface area contributed by atoms with Crippen molar-refractivity contribution in [2.75, 3.05) is 5.75 Å². The number of carbonyl (C=O) groups is 1. The van der Waals surface area contributed by atoms with Crippen LogP contribution in [-0.4, -0.2) is 27.2 Å². The maximum atomic E-state index is 10.5. The Balaban J connectivity index is 1.81. The van der Waals surface area contributed by atoms with Crippen LogP contribution in [0.2, 0.25) is 0 Å². The number of aliphatic carboxylic acids is 1. The van der Waals surface area contributed by atoms with E-state index in [1.54, 1.807) is 23.1 Å². The maximum absolute atomic E-state index is 10.5. The van der Waals surface area contributed by atoms with Crippen LogP contribution in [-0.2, 0) is 4.79 Å². The number of rotatable bonds is 6. The largest absolute Gasteiger partial charge is 0.480 e. The number of nitrogens with zero attached hydrogens (tertiary/aromatic N) is 1. The van der Waals surface area contributed by atoms with Crippen molar-refractivity contribution in [1.82, 2.24) is 4.98 Å². The van der Waals surface area contributed by atoms with Gasteiger partial charge in [-0.2, -0.15) is 0 Å². The molecule has 1 atom stereocenters. The summed E-state index contributed by atoms with van der Waals surface area (Å²) in [4.78, 5) is 15.0. The normalized spacial score (nSPS) is 12.7. The lowest BCUT2D eigenvalue weighted by atomic mass is 10.2. The first-order chi connectivity index (χ1) is 8.66. The van der Waals surface area contributed by atoms with Crippen LogP contribution in [0.5, 0.6) is 0 Å². The van der Waals surface area contributed by atoms with Crippen molar-refractivity contribution in [3.05, 3.63) is 24.3 Å². The van der Waals surface area contributed by atoms with Crippen LogP contribution >= 0.6 is 34.7 Å². The van der Waals surface area contributed by atoms with E-state index in [-0.39, 0.29) is 0 Å². The van der Waals surface area contributed by atoms with E-state index in [1.165, 1.54) is 4.70 Å². The highest BCUT2D eigenvalue weighted by molar-refractivity contribution is 8.01. The van der Waals surface area contributed by atoms with Gasteiger partial charge in [0, 0.05) is 5.75 Å². The monoisotopic (exact) mass is 301 g/mol. The van der Waals surface area contributed by atoms with Crippen molar-refractivity contribution in [1.29, 1.82) is 0 Å². The molecule has 2 aromatic rings. The quantitative estimate of drug-likeness (QED) is 0.500. The van der Waals surface area contributed by atoms with Gasteiger partial charge in [-0.3, -0.25) is 4.79 Å². The van der Waals surface area contributed by atoms with Crippen LogP contribution in [0.15, 0.2) is 28.6 Å². The molecular weight excluding hydrogens is 290 g/mol. The fraction of sp³-hybridized carbons (Fsp3) is 0.333. The second-order valence-corrected chi connectivity index (χ2v) is 6.64. The fourth-order valence-electron chi connectivity index (χ4n) is 1.46. The molecule has 18 heavy (non-hydrogen) atoms. The Morgan fingerprint density at radius 2 is 2.28 bits per heavy atom. The lowest BCUT2D eigenvalue weighted by Crippen LogP contribution is -2.12. The van der Waals surface area contributed by atoms with E-state index < -0.39 is 11.3 Å². The summed E-state index contributed by atoms with van der Waals surface area (Å²) < 4.78 is 2.21. The number of halogens is 1. The van der Waals surface area contributed by atoms with E-state index in [9.17, 15) is 4.79 Å². The van der Waals surface area contributed by atoms with E-state index in [1.807, 2.05) is 18.2 Å². The Hall–Kier alpha value is -0.780.